The SMILES string of the molecule is Cc1cc(C2CCNCC2)nnc1N.Cl.Cl. The monoisotopic (exact) mass is 264 g/mol. The molecule has 1 aromatic rings. The van der Waals surface area contributed by atoms with E-state index < -0.39 is 0 Å². The van der Waals surface area contributed by atoms with Gasteiger partial charge in [-0.15, -0.1) is 29.9 Å². The maximum atomic E-state index is 5.63. The summed E-state index contributed by atoms with van der Waals surface area (Å²) in [6, 6.07) is 2.07. The van der Waals surface area contributed by atoms with Crippen LogP contribution in [0.25, 0.3) is 0 Å². The molecule has 1 saturated heterocycles. The van der Waals surface area contributed by atoms with Crippen molar-refractivity contribution < 1.29 is 0 Å². The number of nitrogens with two attached hydrogens (primary N) is 1. The normalized spacial score (nSPS) is 16.1. The van der Waals surface area contributed by atoms with Gasteiger partial charge in [-0.1, -0.05) is 0 Å². The molecule has 2 rings (SSSR count). The molecule has 0 aliphatic carbocycles. The first-order valence-electron chi connectivity index (χ1n) is 5.08. The lowest BCUT2D eigenvalue weighted by molar-refractivity contribution is 0.450. The van der Waals surface area contributed by atoms with Gasteiger partial charge in [-0.2, -0.15) is 5.10 Å². The largest absolute Gasteiger partial charge is 0.382 e. The quantitative estimate of drug-likeness (QED) is 0.810. The van der Waals surface area contributed by atoms with E-state index in [2.05, 4.69) is 21.6 Å². The van der Waals surface area contributed by atoms with E-state index in [0.717, 1.165) is 37.2 Å². The number of hydrogen-bond acceptors (Lipinski definition) is 4. The molecule has 0 atom stereocenters. The van der Waals surface area contributed by atoms with Crippen LogP contribution in [-0.2, 0) is 0 Å². The molecule has 92 valence electrons. The molecule has 0 unspecified atom stereocenters. The Morgan fingerprint density at radius 3 is 2.44 bits per heavy atom. The zero-order valence-corrected chi connectivity index (χ0v) is 10.9. The Morgan fingerprint density at radius 2 is 1.88 bits per heavy atom. The van der Waals surface area contributed by atoms with Crippen LogP contribution < -0.4 is 11.1 Å². The summed E-state index contributed by atoms with van der Waals surface area (Å²) in [5.74, 6) is 1.10. The molecule has 6 heteroatoms. The van der Waals surface area contributed by atoms with Crippen LogP contribution in [0.2, 0.25) is 0 Å². The fourth-order valence-corrected chi connectivity index (χ4v) is 1.83. The van der Waals surface area contributed by atoms with Crippen molar-refractivity contribution >= 4 is 30.6 Å². The number of anilines is 1. The van der Waals surface area contributed by atoms with Gasteiger partial charge in [0.15, 0.2) is 0 Å². The fraction of sp³-hybridized carbons (Fsp3) is 0.600. The Bertz CT molecular complexity index is 327. The van der Waals surface area contributed by atoms with E-state index in [4.69, 9.17) is 5.73 Å². The van der Waals surface area contributed by atoms with Crippen LogP contribution in [0, 0.1) is 6.92 Å². The molecule has 3 N–H and O–H groups in total. The minimum absolute atomic E-state index is 0. The second-order valence-corrected chi connectivity index (χ2v) is 3.86. The van der Waals surface area contributed by atoms with Crippen LogP contribution in [0.4, 0.5) is 5.82 Å². The van der Waals surface area contributed by atoms with Crippen LogP contribution in [0.1, 0.15) is 30.0 Å². The number of piperidine rings is 1. The molecule has 16 heavy (non-hydrogen) atoms. The zero-order valence-electron chi connectivity index (χ0n) is 9.27. The third-order valence-electron chi connectivity index (χ3n) is 2.80. The number of aryl methyl sites for hydroxylation is 1. The van der Waals surface area contributed by atoms with E-state index in [-0.39, 0.29) is 24.8 Å². The van der Waals surface area contributed by atoms with Gasteiger partial charge in [-0.05, 0) is 44.5 Å². The van der Waals surface area contributed by atoms with E-state index in [1.807, 2.05) is 6.92 Å². The fourth-order valence-electron chi connectivity index (χ4n) is 1.83. The van der Waals surface area contributed by atoms with Gasteiger partial charge >= 0.3 is 0 Å². The molecule has 1 fully saturated rings. The van der Waals surface area contributed by atoms with Crippen molar-refractivity contribution in [1.29, 1.82) is 0 Å². The summed E-state index contributed by atoms with van der Waals surface area (Å²) in [6.45, 7) is 4.14. The lowest BCUT2D eigenvalue weighted by Crippen LogP contribution is -2.27. The van der Waals surface area contributed by atoms with Crippen LogP contribution in [-0.4, -0.2) is 23.3 Å². The third kappa shape index (κ3) is 3.47. The summed E-state index contributed by atoms with van der Waals surface area (Å²) in [6.07, 6.45) is 2.30. The standard InChI is InChI=1S/C10H16N4.2ClH/c1-7-6-9(13-14-10(7)11)8-2-4-12-5-3-8;;/h6,8,12H,2-5H2,1H3,(H2,11,14);2*1H. The first kappa shape index (κ1) is 15.4. The summed E-state index contributed by atoms with van der Waals surface area (Å²) in [7, 11) is 0. The summed E-state index contributed by atoms with van der Waals surface area (Å²) in [5.41, 5.74) is 7.76. The first-order chi connectivity index (χ1) is 6.77. The highest BCUT2D eigenvalue weighted by Crippen LogP contribution is 2.24. The van der Waals surface area contributed by atoms with Gasteiger partial charge in [0.25, 0.3) is 0 Å². The Labute approximate surface area is 108 Å². The van der Waals surface area contributed by atoms with Crippen molar-refractivity contribution in [3.05, 3.63) is 17.3 Å². The van der Waals surface area contributed by atoms with E-state index in [1.54, 1.807) is 0 Å². The van der Waals surface area contributed by atoms with Crippen molar-refractivity contribution in [3.8, 4) is 0 Å². The van der Waals surface area contributed by atoms with E-state index in [0.29, 0.717) is 11.7 Å². The Morgan fingerprint density at radius 1 is 1.25 bits per heavy atom. The predicted octanol–water partition coefficient (Wildman–Crippen LogP) is 1.68. The summed E-state index contributed by atoms with van der Waals surface area (Å²) >= 11 is 0. The minimum Gasteiger partial charge on any atom is -0.382 e. The highest BCUT2D eigenvalue weighted by molar-refractivity contribution is 5.85. The number of halogens is 2. The maximum absolute atomic E-state index is 5.63. The average Bonchev–Trinajstić information content (AvgIpc) is 2.23. The van der Waals surface area contributed by atoms with Crippen LogP contribution in [0.3, 0.4) is 0 Å². The maximum Gasteiger partial charge on any atom is 0.149 e. The molecule has 1 aromatic heterocycles. The van der Waals surface area contributed by atoms with Gasteiger partial charge < -0.3 is 11.1 Å². The number of nitrogens with one attached hydrogen (secondary N) is 1. The Balaban J connectivity index is 0.00000112. The summed E-state index contributed by atoms with van der Waals surface area (Å²) in [5, 5.41) is 11.5. The second kappa shape index (κ2) is 6.89. The van der Waals surface area contributed by atoms with Crippen molar-refractivity contribution in [2.24, 2.45) is 0 Å². The van der Waals surface area contributed by atoms with Gasteiger partial charge in [0.2, 0.25) is 0 Å². The molecule has 1 aliphatic rings. The summed E-state index contributed by atoms with van der Waals surface area (Å²) in [4.78, 5) is 0. The number of nitrogens with zero attached hydrogens (tertiary/aromatic N) is 2. The zero-order chi connectivity index (χ0) is 9.97. The molecule has 0 aromatic carbocycles. The molecule has 4 nitrogen and oxygen atoms in total. The lowest BCUT2D eigenvalue weighted by atomic mass is 9.94. The van der Waals surface area contributed by atoms with Gasteiger partial charge in [0.05, 0.1) is 5.69 Å². The van der Waals surface area contributed by atoms with Gasteiger partial charge in [-0.3, -0.25) is 0 Å². The molecule has 0 bridgehead atoms. The average molecular weight is 265 g/mol. The number of rotatable bonds is 1. The number of hydrogen-bond donors (Lipinski definition) is 2. The van der Waals surface area contributed by atoms with Gasteiger partial charge in [-0.25, -0.2) is 0 Å². The molecule has 0 saturated carbocycles. The molecule has 0 radical (unpaired) electrons. The Kier molecular flexibility index (Phi) is 6.64. The molecule has 1 aliphatic heterocycles. The first-order valence-corrected chi connectivity index (χ1v) is 5.08. The number of nitrogen functional groups attached to an aromatic ring is 1. The molecular formula is C10H18Cl2N4. The van der Waals surface area contributed by atoms with Crippen molar-refractivity contribution in [3.63, 3.8) is 0 Å². The highest BCUT2D eigenvalue weighted by Gasteiger charge is 2.17. The summed E-state index contributed by atoms with van der Waals surface area (Å²) < 4.78 is 0. The Hall–Kier alpha value is -0.580. The van der Waals surface area contributed by atoms with E-state index >= 15 is 0 Å². The van der Waals surface area contributed by atoms with Crippen molar-refractivity contribution in [2.75, 3.05) is 18.8 Å². The number of aromatic nitrogens is 2. The smallest absolute Gasteiger partial charge is 0.149 e. The molecule has 0 spiro atoms. The van der Waals surface area contributed by atoms with Crippen LogP contribution in [0.15, 0.2) is 6.07 Å². The van der Waals surface area contributed by atoms with Crippen LogP contribution >= 0.6 is 24.8 Å². The van der Waals surface area contributed by atoms with Crippen molar-refractivity contribution in [1.82, 2.24) is 15.5 Å². The second-order valence-electron chi connectivity index (χ2n) is 3.86. The lowest BCUT2D eigenvalue weighted by Gasteiger charge is -2.21. The predicted molar refractivity (Wildman–Crippen MR) is 70.5 cm³/mol. The minimum atomic E-state index is 0. The van der Waals surface area contributed by atoms with Crippen molar-refractivity contribution in [2.45, 2.75) is 25.7 Å². The topological polar surface area (TPSA) is 63.8 Å². The van der Waals surface area contributed by atoms with Gasteiger partial charge in [0.1, 0.15) is 5.82 Å². The molecule has 2 heterocycles. The van der Waals surface area contributed by atoms with Gasteiger partial charge in [0, 0.05) is 5.92 Å². The molecule has 0 amide bonds. The van der Waals surface area contributed by atoms with E-state index in [9.17, 15) is 0 Å². The third-order valence-corrected chi connectivity index (χ3v) is 2.80. The van der Waals surface area contributed by atoms with Crippen LogP contribution in [0.5, 0.6) is 0 Å². The highest BCUT2D eigenvalue weighted by atomic mass is 35.5. The van der Waals surface area contributed by atoms with E-state index in [1.165, 1.54) is 0 Å². The molecular weight excluding hydrogens is 247 g/mol.